The van der Waals surface area contributed by atoms with Gasteiger partial charge in [-0.3, -0.25) is 0 Å². The van der Waals surface area contributed by atoms with Crippen molar-refractivity contribution in [2.75, 3.05) is 25.5 Å². The first-order chi connectivity index (χ1) is 7.70. The van der Waals surface area contributed by atoms with Gasteiger partial charge in [0.25, 0.3) is 0 Å². The molecule has 5 heteroatoms. The van der Waals surface area contributed by atoms with Crippen LogP contribution in [-0.4, -0.2) is 38.9 Å². The van der Waals surface area contributed by atoms with E-state index in [9.17, 15) is 4.79 Å². The Hall–Kier alpha value is -1.65. The van der Waals surface area contributed by atoms with Crippen LogP contribution >= 0.6 is 0 Å². The maximum Gasteiger partial charge on any atom is 0.317 e. The van der Waals surface area contributed by atoms with Crippen LogP contribution < -0.4 is 16.1 Å². The molecular weight excluding hydrogens is 201 g/mol. The lowest BCUT2D eigenvalue weighted by Gasteiger charge is -2.19. The molecule has 0 unspecified atom stereocenters. The van der Waals surface area contributed by atoms with Crippen molar-refractivity contribution in [3.63, 3.8) is 0 Å². The summed E-state index contributed by atoms with van der Waals surface area (Å²) in [6, 6.07) is 6.28. The number of hydrogen-bond donors (Lipinski definition) is 2. The maximum atomic E-state index is 11.6. The Balaban J connectivity index is 2.25. The second-order valence-corrected chi connectivity index (χ2v) is 4.06. The Morgan fingerprint density at radius 1 is 1.56 bits per heavy atom. The molecule has 0 saturated carbocycles. The van der Waals surface area contributed by atoms with Crippen LogP contribution in [0.2, 0.25) is 0 Å². The summed E-state index contributed by atoms with van der Waals surface area (Å²) < 4.78 is 0. The Bertz CT molecular complexity index is 408. The number of amides is 2. The van der Waals surface area contributed by atoms with E-state index in [1.165, 1.54) is 11.0 Å². The van der Waals surface area contributed by atoms with Crippen LogP contribution in [0, 0.1) is 0 Å². The lowest BCUT2D eigenvalue weighted by atomic mass is 9.93. The fraction of sp³-hybridized carbons (Fsp3) is 0.364. The molecule has 0 radical (unpaired) electrons. The predicted octanol–water partition coefficient (Wildman–Crippen LogP) is -0.488. The molecule has 1 heterocycles. The molecule has 2 N–H and O–H groups in total. The summed E-state index contributed by atoms with van der Waals surface area (Å²) in [7, 11) is 3.73. The van der Waals surface area contributed by atoms with Gasteiger partial charge in [0.2, 0.25) is 0 Å². The number of urea groups is 1. The fourth-order valence-corrected chi connectivity index (χ4v) is 1.97. The number of nitrogens with one attached hydrogen (secondary N) is 2. The van der Waals surface area contributed by atoms with Gasteiger partial charge in [0.15, 0.2) is 0 Å². The molecule has 2 amide bonds. The van der Waals surface area contributed by atoms with Crippen LogP contribution in [0.4, 0.5) is 10.5 Å². The fourth-order valence-electron chi connectivity index (χ4n) is 1.97. The molecule has 4 nitrogen and oxygen atoms in total. The molecular formula is C11H16BN3O. The zero-order chi connectivity index (χ0) is 11.5. The van der Waals surface area contributed by atoms with E-state index in [2.05, 4.69) is 36.7 Å². The number of carbonyl (C=O) groups excluding carboxylic acids is 1. The van der Waals surface area contributed by atoms with Gasteiger partial charge in [-0.25, -0.2) is 4.79 Å². The molecule has 84 valence electrons. The van der Waals surface area contributed by atoms with E-state index >= 15 is 0 Å². The monoisotopic (exact) mass is 217 g/mol. The first-order valence-electron chi connectivity index (χ1n) is 5.51. The van der Waals surface area contributed by atoms with Crippen LogP contribution in [0.1, 0.15) is 5.56 Å². The molecule has 0 fully saturated rings. The molecule has 1 aromatic carbocycles. The highest BCUT2D eigenvalue weighted by atomic mass is 16.2. The maximum absolute atomic E-state index is 11.6. The van der Waals surface area contributed by atoms with Crippen molar-refractivity contribution < 1.29 is 4.79 Å². The molecule has 2 rings (SSSR count). The van der Waals surface area contributed by atoms with E-state index in [1.54, 1.807) is 7.05 Å². The third-order valence-corrected chi connectivity index (χ3v) is 2.82. The number of benzene rings is 1. The van der Waals surface area contributed by atoms with Gasteiger partial charge >= 0.3 is 6.03 Å². The summed E-state index contributed by atoms with van der Waals surface area (Å²) >= 11 is 0. The minimum Gasteiger partial charge on any atom is -0.383 e. The van der Waals surface area contributed by atoms with Crippen LogP contribution in [0.25, 0.3) is 0 Å². The van der Waals surface area contributed by atoms with Crippen molar-refractivity contribution in [1.29, 1.82) is 0 Å². The summed E-state index contributed by atoms with van der Waals surface area (Å²) in [6.07, 6.45) is 0. The molecule has 0 saturated heterocycles. The molecule has 0 spiro atoms. The minimum absolute atomic E-state index is 0.0174. The number of anilines is 1. The van der Waals surface area contributed by atoms with Gasteiger partial charge in [-0.15, -0.1) is 0 Å². The Morgan fingerprint density at radius 3 is 3.12 bits per heavy atom. The Morgan fingerprint density at radius 2 is 2.38 bits per heavy atom. The smallest absolute Gasteiger partial charge is 0.317 e. The van der Waals surface area contributed by atoms with E-state index < -0.39 is 0 Å². The van der Waals surface area contributed by atoms with Gasteiger partial charge < -0.3 is 15.5 Å². The van der Waals surface area contributed by atoms with Gasteiger partial charge in [0.05, 0.1) is 0 Å². The predicted molar refractivity (Wildman–Crippen MR) is 68.0 cm³/mol. The molecule has 16 heavy (non-hydrogen) atoms. The summed E-state index contributed by atoms with van der Waals surface area (Å²) in [5, 5.41) is 6.01. The largest absolute Gasteiger partial charge is 0.383 e. The standard InChI is InChI=1S/C11H16BN3O/c1-13-11(16)15-5-4-14-10-3-2-9(12)6-8(10)7-15/h2-3,6,14H,4-5,7,12H2,1H3,(H,13,16). The van der Waals surface area contributed by atoms with Gasteiger partial charge in [-0.1, -0.05) is 17.6 Å². The van der Waals surface area contributed by atoms with E-state index in [4.69, 9.17) is 0 Å². The van der Waals surface area contributed by atoms with Crippen molar-refractivity contribution in [1.82, 2.24) is 10.2 Å². The summed E-state index contributed by atoms with van der Waals surface area (Å²) in [6.45, 7) is 2.20. The van der Waals surface area contributed by atoms with E-state index in [0.717, 1.165) is 18.8 Å². The first kappa shape index (κ1) is 10.9. The van der Waals surface area contributed by atoms with Crippen molar-refractivity contribution >= 4 is 25.0 Å². The summed E-state index contributed by atoms with van der Waals surface area (Å²) in [5.74, 6) is 0. The van der Waals surface area contributed by atoms with Crippen molar-refractivity contribution in [3.05, 3.63) is 23.8 Å². The van der Waals surface area contributed by atoms with Crippen molar-refractivity contribution in [2.24, 2.45) is 0 Å². The number of carbonyl (C=O) groups is 1. The molecule has 0 bridgehead atoms. The molecule has 0 aromatic heterocycles. The first-order valence-corrected chi connectivity index (χ1v) is 5.51. The Kier molecular flexibility index (Phi) is 3.03. The Labute approximate surface area is 96.4 Å². The van der Waals surface area contributed by atoms with Crippen molar-refractivity contribution in [2.45, 2.75) is 6.54 Å². The molecule has 0 aliphatic carbocycles. The van der Waals surface area contributed by atoms with Crippen LogP contribution in [0.5, 0.6) is 0 Å². The summed E-state index contributed by atoms with van der Waals surface area (Å²) in [4.78, 5) is 13.4. The second-order valence-electron chi connectivity index (χ2n) is 4.06. The van der Waals surface area contributed by atoms with Gasteiger partial charge in [-0.05, 0) is 11.6 Å². The molecule has 1 aliphatic rings. The van der Waals surface area contributed by atoms with Crippen LogP contribution in [-0.2, 0) is 6.54 Å². The number of hydrogen-bond acceptors (Lipinski definition) is 2. The average molecular weight is 217 g/mol. The molecule has 1 aliphatic heterocycles. The van der Waals surface area contributed by atoms with Gasteiger partial charge in [0, 0.05) is 32.4 Å². The highest BCUT2D eigenvalue weighted by Crippen LogP contribution is 2.18. The quantitative estimate of drug-likeness (QED) is 0.576. The van der Waals surface area contributed by atoms with Gasteiger partial charge in [-0.2, -0.15) is 0 Å². The zero-order valence-electron chi connectivity index (χ0n) is 9.71. The van der Waals surface area contributed by atoms with Crippen molar-refractivity contribution in [3.8, 4) is 0 Å². The zero-order valence-corrected chi connectivity index (χ0v) is 9.71. The van der Waals surface area contributed by atoms with E-state index in [0.29, 0.717) is 6.54 Å². The highest BCUT2D eigenvalue weighted by Gasteiger charge is 2.17. The molecule has 1 aromatic rings. The third kappa shape index (κ3) is 2.13. The van der Waals surface area contributed by atoms with Crippen LogP contribution in [0.3, 0.4) is 0 Å². The number of nitrogens with zero attached hydrogens (tertiary/aromatic N) is 1. The lowest BCUT2D eigenvalue weighted by molar-refractivity contribution is 0.200. The second kappa shape index (κ2) is 4.47. The average Bonchev–Trinajstić information content (AvgIpc) is 2.49. The SMILES string of the molecule is Bc1ccc2c(c1)CN(C(=O)NC)CCN2. The van der Waals surface area contributed by atoms with Gasteiger partial charge in [0.1, 0.15) is 7.85 Å². The summed E-state index contributed by atoms with van der Waals surface area (Å²) in [5.41, 5.74) is 3.54. The number of rotatable bonds is 0. The normalized spacial score (nSPS) is 14.7. The highest BCUT2D eigenvalue weighted by molar-refractivity contribution is 6.32. The van der Waals surface area contributed by atoms with E-state index in [1.807, 2.05) is 4.90 Å². The lowest BCUT2D eigenvalue weighted by Crippen LogP contribution is -2.38. The van der Waals surface area contributed by atoms with Crippen LogP contribution in [0.15, 0.2) is 18.2 Å². The minimum atomic E-state index is -0.0174. The topological polar surface area (TPSA) is 44.4 Å². The number of fused-ring (bicyclic) bond motifs is 1. The molecule has 0 atom stereocenters. The van der Waals surface area contributed by atoms with E-state index in [-0.39, 0.29) is 6.03 Å². The third-order valence-electron chi connectivity index (χ3n) is 2.82.